The zero-order chi connectivity index (χ0) is 19.2. The summed E-state index contributed by atoms with van der Waals surface area (Å²) in [5, 5.41) is 9.85. The predicted molar refractivity (Wildman–Crippen MR) is 108 cm³/mol. The van der Waals surface area contributed by atoms with Crippen molar-refractivity contribution in [1.29, 1.82) is 0 Å². The number of rotatable bonds is 7. The molecule has 6 heteroatoms. The molecule has 0 saturated carbocycles. The molecule has 0 spiro atoms. The van der Waals surface area contributed by atoms with Gasteiger partial charge < -0.3 is 20.7 Å². The van der Waals surface area contributed by atoms with Gasteiger partial charge in [0.2, 0.25) is 0 Å². The molecule has 0 radical (unpaired) electrons. The number of nitrogens with zero attached hydrogens (tertiary/aromatic N) is 1. The molecular weight excluding hydrogens is 340 g/mol. The molecule has 0 aromatic heterocycles. The second-order valence-electron chi connectivity index (χ2n) is 7.54. The average Bonchev–Trinajstić information content (AvgIpc) is 3.29. The van der Waals surface area contributed by atoms with Crippen LogP contribution in [0.3, 0.4) is 0 Å². The SMILES string of the molecule is CCNC(=NCc1cccc(C(=O)NC(C)CC)c1)NC1CC2CCC1O2. The highest BCUT2D eigenvalue weighted by atomic mass is 16.5. The third kappa shape index (κ3) is 5.22. The maximum absolute atomic E-state index is 12.3. The Hall–Kier alpha value is -2.08. The fraction of sp³-hybridized carbons (Fsp3) is 0.619. The van der Waals surface area contributed by atoms with Crippen LogP contribution in [0.1, 0.15) is 62.4 Å². The van der Waals surface area contributed by atoms with Crippen LogP contribution in [0.4, 0.5) is 0 Å². The van der Waals surface area contributed by atoms with E-state index in [4.69, 9.17) is 9.73 Å². The molecule has 27 heavy (non-hydrogen) atoms. The summed E-state index contributed by atoms with van der Waals surface area (Å²) in [6.07, 6.45) is 5.01. The fourth-order valence-electron chi connectivity index (χ4n) is 3.68. The van der Waals surface area contributed by atoms with Gasteiger partial charge in [0, 0.05) is 18.2 Å². The summed E-state index contributed by atoms with van der Waals surface area (Å²) in [5.41, 5.74) is 1.70. The number of guanidine groups is 1. The Morgan fingerprint density at radius 2 is 2.19 bits per heavy atom. The van der Waals surface area contributed by atoms with Crippen LogP contribution in [0.15, 0.2) is 29.3 Å². The molecule has 6 nitrogen and oxygen atoms in total. The quantitative estimate of drug-likeness (QED) is 0.508. The number of amides is 1. The van der Waals surface area contributed by atoms with Crippen molar-refractivity contribution >= 4 is 11.9 Å². The van der Waals surface area contributed by atoms with Crippen LogP contribution in [-0.4, -0.2) is 42.7 Å². The Balaban J connectivity index is 1.61. The van der Waals surface area contributed by atoms with E-state index >= 15 is 0 Å². The molecule has 4 unspecified atom stereocenters. The van der Waals surface area contributed by atoms with Crippen molar-refractivity contribution in [1.82, 2.24) is 16.0 Å². The third-order valence-corrected chi connectivity index (χ3v) is 5.37. The van der Waals surface area contributed by atoms with Gasteiger partial charge in [-0.3, -0.25) is 4.79 Å². The summed E-state index contributed by atoms with van der Waals surface area (Å²) >= 11 is 0. The molecule has 3 N–H and O–H groups in total. The highest BCUT2D eigenvalue weighted by Crippen LogP contribution is 2.34. The summed E-state index contributed by atoms with van der Waals surface area (Å²) < 4.78 is 5.92. The van der Waals surface area contributed by atoms with E-state index in [1.165, 1.54) is 6.42 Å². The lowest BCUT2D eigenvalue weighted by molar-refractivity contribution is 0.0939. The molecule has 2 aliphatic heterocycles. The van der Waals surface area contributed by atoms with E-state index in [9.17, 15) is 4.79 Å². The maximum atomic E-state index is 12.3. The van der Waals surface area contributed by atoms with E-state index in [-0.39, 0.29) is 11.9 Å². The summed E-state index contributed by atoms with van der Waals surface area (Å²) in [4.78, 5) is 17.0. The molecule has 1 amide bonds. The van der Waals surface area contributed by atoms with Gasteiger partial charge in [-0.05, 0) is 57.2 Å². The summed E-state index contributed by atoms with van der Waals surface area (Å²) in [7, 11) is 0. The Morgan fingerprint density at radius 1 is 1.33 bits per heavy atom. The predicted octanol–water partition coefficient (Wildman–Crippen LogP) is 2.59. The Morgan fingerprint density at radius 3 is 2.85 bits per heavy atom. The van der Waals surface area contributed by atoms with Crippen LogP contribution in [0.2, 0.25) is 0 Å². The number of aliphatic imine (C=N–C) groups is 1. The van der Waals surface area contributed by atoms with Crippen LogP contribution in [0.25, 0.3) is 0 Å². The van der Waals surface area contributed by atoms with Crippen molar-refractivity contribution in [3.8, 4) is 0 Å². The van der Waals surface area contributed by atoms with E-state index < -0.39 is 0 Å². The first-order valence-electron chi connectivity index (χ1n) is 10.2. The second-order valence-corrected chi connectivity index (χ2v) is 7.54. The van der Waals surface area contributed by atoms with Crippen molar-refractivity contribution < 1.29 is 9.53 Å². The van der Waals surface area contributed by atoms with Crippen molar-refractivity contribution in [2.75, 3.05) is 6.54 Å². The van der Waals surface area contributed by atoms with Crippen LogP contribution in [0.5, 0.6) is 0 Å². The molecule has 2 fully saturated rings. The summed E-state index contributed by atoms with van der Waals surface area (Å²) in [6.45, 7) is 7.48. The lowest BCUT2D eigenvalue weighted by atomic mass is 9.96. The van der Waals surface area contributed by atoms with Gasteiger partial charge in [0.1, 0.15) is 0 Å². The van der Waals surface area contributed by atoms with Gasteiger partial charge in [0.05, 0.1) is 24.8 Å². The Bertz CT molecular complexity index is 676. The highest BCUT2D eigenvalue weighted by molar-refractivity contribution is 5.94. The standard InChI is InChI=1S/C21H32N4O2/c1-4-14(3)24-20(26)16-8-6-7-15(11-16)13-23-21(22-5-2)25-18-12-17-9-10-19(18)27-17/h6-8,11,14,17-19H,4-5,9-10,12-13H2,1-3H3,(H,24,26)(H2,22,23,25). The Kier molecular flexibility index (Phi) is 6.72. The molecule has 148 valence electrons. The number of hydrogen-bond donors (Lipinski definition) is 3. The van der Waals surface area contributed by atoms with Crippen molar-refractivity contribution in [3.63, 3.8) is 0 Å². The number of ether oxygens (including phenoxy) is 1. The summed E-state index contributed by atoms with van der Waals surface area (Å²) in [6, 6.07) is 8.21. The van der Waals surface area contributed by atoms with Gasteiger partial charge in [0.15, 0.2) is 5.96 Å². The van der Waals surface area contributed by atoms with Crippen molar-refractivity contribution in [2.45, 2.75) is 77.3 Å². The molecule has 2 aliphatic rings. The smallest absolute Gasteiger partial charge is 0.251 e. The average molecular weight is 373 g/mol. The Labute approximate surface area is 162 Å². The van der Waals surface area contributed by atoms with E-state index in [1.54, 1.807) is 0 Å². The molecule has 1 aromatic carbocycles. The molecular formula is C21H32N4O2. The van der Waals surface area contributed by atoms with E-state index in [2.05, 4.69) is 29.8 Å². The van der Waals surface area contributed by atoms with Crippen LogP contribution >= 0.6 is 0 Å². The van der Waals surface area contributed by atoms with Gasteiger partial charge in [-0.2, -0.15) is 0 Å². The zero-order valence-electron chi connectivity index (χ0n) is 16.6. The third-order valence-electron chi connectivity index (χ3n) is 5.37. The zero-order valence-corrected chi connectivity index (χ0v) is 16.6. The van der Waals surface area contributed by atoms with Gasteiger partial charge in [-0.25, -0.2) is 4.99 Å². The van der Waals surface area contributed by atoms with Gasteiger partial charge in [0.25, 0.3) is 5.91 Å². The highest BCUT2D eigenvalue weighted by Gasteiger charge is 2.41. The molecule has 1 aromatic rings. The van der Waals surface area contributed by atoms with E-state index in [1.807, 2.05) is 31.2 Å². The number of hydrogen-bond acceptors (Lipinski definition) is 3. The summed E-state index contributed by atoms with van der Waals surface area (Å²) in [5.74, 6) is 0.785. The molecule has 0 aliphatic carbocycles. The van der Waals surface area contributed by atoms with E-state index in [0.29, 0.717) is 30.4 Å². The number of carbonyl (C=O) groups is 1. The van der Waals surface area contributed by atoms with Crippen molar-refractivity contribution in [2.24, 2.45) is 4.99 Å². The molecule has 3 rings (SSSR count). The topological polar surface area (TPSA) is 74.8 Å². The number of benzene rings is 1. The minimum atomic E-state index is -0.0284. The lowest BCUT2D eigenvalue weighted by Crippen LogP contribution is -2.47. The normalized spacial score (nSPS) is 25.3. The monoisotopic (exact) mass is 372 g/mol. The number of nitrogens with one attached hydrogen (secondary N) is 3. The van der Waals surface area contributed by atoms with Crippen molar-refractivity contribution in [3.05, 3.63) is 35.4 Å². The minimum Gasteiger partial charge on any atom is -0.373 e. The molecule has 2 heterocycles. The molecule has 2 saturated heterocycles. The number of carbonyl (C=O) groups excluding carboxylic acids is 1. The van der Waals surface area contributed by atoms with Gasteiger partial charge in [-0.15, -0.1) is 0 Å². The first-order chi connectivity index (χ1) is 13.1. The van der Waals surface area contributed by atoms with Crippen LogP contribution in [0, 0.1) is 0 Å². The minimum absolute atomic E-state index is 0.0284. The fourth-order valence-corrected chi connectivity index (χ4v) is 3.68. The number of fused-ring (bicyclic) bond motifs is 2. The van der Waals surface area contributed by atoms with Gasteiger partial charge in [-0.1, -0.05) is 19.1 Å². The second kappa shape index (κ2) is 9.22. The van der Waals surface area contributed by atoms with E-state index in [0.717, 1.165) is 37.3 Å². The molecule has 4 atom stereocenters. The molecule has 2 bridgehead atoms. The maximum Gasteiger partial charge on any atom is 0.251 e. The lowest BCUT2D eigenvalue weighted by Gasteiger charge is -2.22. The first-order valence-corrected chi connectivity index (χ1v) is 10.2. The largest absolute Gasteiger partial charge is 0.373 e. The van der Waals surface area contributed by atoms with Crippen LogP contribution < -0.4 is 16.0 Å². The first kappa shape index (κ1) is 19.7. The van der Waals surface area contributed by atoms with Crippen LogP contribution in [-0.2, 0) is 11.3 Å². The van der Waals surface area contributed by atoms with Gasteiger partial charge >= 0.3 is 0 Å².